The lowest BCUT2D eigenvalue weighted by Crippen LogP contribution is -2.13. The van der Waals surface area contributed by atoms with Crippen molar-refractivity contribution in [1.29, 1.82) is 0 Å². The van der Waals surface area contributed by atoms with Crippen molar-refractivity contribution in [1.82, 2.24) is 0 Å². The van der Waals surface area contributed by atoms with Crippen LogP contribution in [0.1, 0.15) is 40.5 Å². The molecule has 1 unspecified atom stereocenters. The third-order valence-corrected chi connectivity index (χ3v) is 1.48. The first-order valence-electron chi connectivity index (χ1n) is 4.95. The summed E-state index contributed by atoms with van der Waals surface area (Å²) in [6.45, 7) is 8.38. The molecule has 2 N–H and O–H groups in total. The number of hydrogen-bond acceptors (Lipinski definition) is 3. The summed E-state index contributed by atoms with van der Waals surface area (Å²) in [5.74, 6) is -0.408. The van der Waals surface area contributed by atoms with E-state index in [1.165, 1.54) is 0 Å². The van der Waals surface area contributed by atoms with E-state index >= 15 is 0 Å². The number of carboxylic acids is 1. The minimum absolute atomic E-state index is 0.245. The molecule has 0 fully saturated rings. The normalized spacial score (nSPS) is 13.6. The molecule has 0 saturated carbocycles. The van der Waals surface area contributed by atoms with Crippen LogP contribution in [0.4, 0.5) is 0 Å². The van der Waals surface area contributed by atoms with Gasteiger partial charge in [-0.15, -0.1) is 0 Å². The lowest BCUT2D eigenvalue weighted by atomic mass is 9.84. The molecule has 5 nitrogen and oxygen atoms in total. The fraction of sp³-hybridized carbons (Fsp3) is 0.900. The molecule has 0 aliphatic carbocycles. The van der Waals surface area contributed by atoms with Crippen molar-refractivity contribution in [3.8, 4) is 0 Å². The van der Waals surface area contributed by atoms with E-state index in [0.717, 1.165) is 6.42 Å². The molecule has 0 aromatic rings. The van der Waals surface area contributed by atoms with Crippen molar-refractivity contribution < 1.29 is 22.9 Å². The molecule has 6 heteroatoms. The summed E-state index contributed by atoms with van der Waals surface area (Å²) >= 11 is 0. The summed E-state index contributed by atoms with van der Waals surface area (Å²) in [7, 11) is -3.67. The third kappa shape index (κ3) is 29.2. The smallest absolute Gasteiger partial charge is 0.303 e. The maximum Gasteiger partial charge on any atom is 0.303 e. The topological polar surface area (TPSA) is 91.7 Å². The molecule has 0 heterocycles. The van der Waals surface area contributed by atoms with E-state index in [-0.39, 0.29) is 17.8 Å². The first-order valence-corrected chi connectivity index (χ1v) is 6.80. The van der Waals surface area contributed by atoms with Gasteiger partial charge in [-0.25, -0.2) is 0 Å². The van der Waals surface area contributed by atoms with Gasteiger partial charge >= 0.3 is 5.97 Å². The molecule has 0 aromatic heterocycles. The SMILES string of the molecule is CC(CC(=O)O)CC(C)(C)C.CS(=O)(=O)O. The van der Waals surface area contributed by atoms with Gasteiger partial charge < -0.3 is 5.11 Å². The monoisotopic (exact) mass is 254 g/mol. The van der Waals surface area contributed by atoms with Gasteiger partial charge in [-0.2, -0.15) is 8.42 Å². The van der Waals surface area contributed by atoms with Crippen LogP contribution in [0.2, 0.25) is 0 Å². The number of hydrogen-bond donors (Lipinski definition) is 2. The highest BCUT2D eigenvalue weighted by molar-refractivity contribution is 7.85. The maximum atomic E-state index is 10.3. The summed E-state index contributed by atoms with van der Waals surface area (Å²) in [5.41, 5.74) is 0.245. The van der Waals surface area contributed by atoms with Gasteiger partial charge in [0.05, 0.1) is 6.26 Å². The molecule has 0 radical (unpaired) electrons. The van der Waals surface area contributed by atoms with Gasteiger partial charge in [-0.05, 0) is 17.8 Å². The molecule has 0 bridgehead atoms. The van der Waals surface area contributed by atoms with Crippen molar-refractivity contribution in [3.05, 3.63) is 0 Å². The fourth-order valence-electron chi connectivity index (χ4n) is 1.42. The third-order valence-electron chi connectivity index (χ3n) is 1.48. The molecule has 1 atom stereocenters. The lowest BCUT2D eigenvalue weighted by molar-refractivity contribution is -0.138. The quantitative estimate of drug-likeness (QED) is 0.752. The molecule has 0 aromatic carbocycles. The van der Waals surface area contributed by atoms with Crippen LogP contribution in [0.3, 0.4) is 0 Å². The molecule has 0 amide bonds. The van der Waals surface area contributed by atoms with Crippen molar-refractivity contribution in [3.63, 3.8) is 0 Å². The Morgan fingerprint density at radius 3 is 1.81 bits per heavy atom. The van der Waals surface area contributed by atoms with Gasteiger partial charge in [0.15, 0.2) is 0 Å². The Balaban J connectivity index is 0. The minimum atomic E-state index is -3.67. The van der Waals surface area contributed by atoms with Crippen LogP contribution in [0, 0.1) is 11.3 Å². The Morgan fingerprint density at radius 1 is 1.31 bits per heavy atom. The average Bonchev–Trinajstić information content (AvgIpc) is 1.72. The molecule has 0 saturated heterocycles. The highest BCUT2D eigenvalue weighted by Crippen LogP contribution is 2.25. The number of carbonyl (C=O) groups is 1. The van der Waals surface area contributed by atoms with Crippen LogP contribution in [-0.4, -0.2) is 30.3 Å². The first-order chi connectivity index (χ1) is 6.81. The van der Waals surface area contributed by atoms with Gasteiger partial charge in [0.1, 0.15) is 0 Å². The summed E-state index contributed by atoms with van der Waals surface area (Å²) < 4.78 is 25.9. The Morgan fingerprint density at radius 2 is 1.62 bits per heavy atom. The zero-order chi connectivity index (χ0) is 13.6. The largest absolute Gasteiger partial charge is 0.481 e. The average molecular weight is 254 g/mol. The first kappa shape index (κ1) is 17.8. The maximum absolute atomic E-state index is 10.3. The number of aliphatic carboxylic acids is 1. The molecular weight excluding hydrogens is 232 g/mol. The minimum Gasteiger partial charge on any atom is -0.481 e. The van der Waals surface area contributed by atoms with Crippen LogP contribution >= 0.6 is 0 Å². The van der Waals surface area contributed by atoms with Gasteiger partial charge in [0.25, 0.3) is 10.1 Å². The highest BCUT2D eigenvalue weighted by Gasteiger charge is 2.16. The molecular formula is C10H22O5S. The predicted octanol–water partition coefficient (Wildman–Crippen LogP) is 2.04. The van der Waals surface area contributed by atoms with Gasteiger partial charge in [-0.3, -0.25) is 9.35 Å². The van der Waals surface area contributed by atoms with E-state index in [1.54, 1.807) is 0 Å². The highest BCUT2D eigenvalue weighted by atomic mass is 32.2. The molecule has 0 rings (SSSR count). The Hall–Kier alpha value is -0.620. The van der Waals surface area contributed by atoms with Gasteiger partial charge in [0, 0.05) is 6.42 Å². The van der Waals surface area contributed by atoms with E-state index < -0.39 is 16.1 Å². The second-order valence-corrected chi connectivity index (χ2v) is 6.67. The van der Waals surface area contributed by atoms with Crippen LogP contribution in [-0.2, 0) is 14.9 Å². The lowest BCUT2D eigenvalue weighted by Gasteiger charge is -2.21. The summed E-state index contributed by atoms with van der Waals surface area (Å²) in [5, 5.41) is 8.48. The van der Waals surface area contributed by atoms with E-state index in [9.17, 15) is 13.2 Å². The summed E-state index contributed by atoms with van der Waals surface area (Å²) in [6, 6.07) is 0. The number of carboxylic acid groups (broad SMARTS) is 1. The van der Waals surface area contributed by atoms with Gasteiger partial charge in [-0.1, -0.05) is 27.7 Å². The van der Waals surface area contributed by atoms with Crippen molar-refractivity contribution in [2.45, 2.75) is 40.5 Å². The predicted molar refractivity (Wildman–Crippen MR) is 63.0 cm³/mol. The van der Waals surface area contributed by atoms with E-state index in [4.69, 9.17) is 9.66 Å². The van der Waals surface area contributed by atoms with Crippen LogP contribution in [0.15, 0.2) is 0 Å². The Kier molecular flexibility index (Phi) is 7.61. The summed E-state index contributed by atoms with van der Waals surface area (Å²) in [4.78, 5) is 10.3. The van der Waals surface area contributed by atoms with E-state index in [0.29, 0.717) is 6.26 Å². The number of rotatable bonds is 3. The summed E-state index contributed by atoms with van der Waals surface area (Å²) in [6.07, 6.45) is 1.98. The molecule has 0 spiro atoms. The van der Waals surface area contributed by atoms with Crippen molar-refractivity contribution >= 4 is 16.1 Å². The fourth-order valence-corrected chi connectivity index (χ4v) is 1.42. The Labute approximate surface area is 97.6 Å². The van der Waals surface area contributed by atoms with Crippen molar-refractivity contribution in [2.75, 3.05) is 6.26 Å². The van der Waals surface area contributed by atoms with Gasteiger partial charge in [0.2, 0.25) is 0 Å². The zero-order valence-electron chi connectivity index (χ0n) is 10.5. The van der Waals surface area contributed by atoms with E-state index in [2.05, 4.69) is 20.8 Å². The van der Waals surface area contributed by atoms with Crippen LogP contribution < -0.4 is 0 Å². The van der Waals surface area contributed by atoms with Crippen LogP contribution in [0.25, 0.3) is 0 Å². The standard InChI is InChI=1S/C9H18O2.CH4O3S/c1-7(5-8(10)11)6-9(2,3)4;1-5(2,3)4/h7H,5-6H2,1-4H3,(H,10,11);1H3,(H,2,3,4). The van der Waals surface area contributed by atoms with Crippen molar-refractivity contribution in [2.24, 2.45) is 11.3 Å². The molecule has 98 valence electrons. The van der Waals surface area contributed by atoms with Crippen LogP contribution in [0.5, 0.6) is 0 Å². The molecule has 0 aliphatic heterocycles. The second kappa shape index (κ2) is 6.85. The molecule has 16 heavy (non-hydrogen) atoms. The zero-order valence-corrected chi connectivity index (χ0v) is 11.3. The second-order valence-electron chi connectivity index (χ2n) is 5.20. The Bertz CT molecular complexity index is 292. The molecule has 0 aliphatic rings. The van der Waals surface area contributed by atoms with E-state index in [1.807, 2.05) is 6.92 Å².